The molecule has 0 fully saturated rings. The van der Waals surface area contributed by atoms with Gasteiger partial charge in [-0.15, -0.1) is 0 Å². The van der Waals surface area contributed by atoms with Crippen LogP contribution >= 0.6 is 0 Å². The first-order valence-corrected chi connectivity index (χ1v) is 5.87. The third-order valence-corrected chi connectivity index (χ3v) is 2.56. The monoisotopic (exact) mass is 261 g/mol. The molecule has 0 bridgehead atoms. The molecule has 2 aromatic carbocycles. The average molecular weight is 261 g/mol. The van der Waals surface area contributed by atoms with Crippen molar-refractivity contribution in [3.05, 3.63) is 65.2 Å². The molecule has 2 rings (SSSR count). The van der Waals surface area contributed by atoms with Crippen LogP contribution in [0.5, 0.6) is 0 Å². The Labute approximate surface area is 117 Å². The molecule has 3 nitrogen and oxygen atoms in total. The van der Waals surface area contributed by atoms with Crippen LogP contribution in [0.25, 0.3) is 0 Å². The van der Waals surface area contributed by atoms with Crippen molar-refractivity contribution in [2.75, 3.05) is 5.73 Å². The van der Waals surface area contributed by atoms with Gasteiger partial charge in [-0.2, -0.15) is 0 Å². The van der Waals surface area contributed by atoms with E-state index in [1.807, 2.05) is 18.2 Å². The normalized spacial score (nSPS) is 8.80. The Hall–Kier alpha value is -3.17. The van der Waals surface area contributed by atoms with Crippen LogP contribution in [0.2, 0.25) is 0 Å². The second kappa shape index (κ2) is 6.13. The number of benzene rings is 2. The molecule has 0 aliphatic rings. The number of carboxylic acid groups (broad SMARTS) is 1. The lowest BCUT2D eigenvalue weighted by atomic mass is 10.1. The Morgan fingerprint density at radius 2 is 1.60 bits per heavy atom. The van der Waals surface area contributed by atoms with Gasteiger partial charge in [-0.1, -0.05) is 24.0 Å². The van der Waals surface area contributed by atoms with Gasteiger partial charge >= 0.3 is 5.97 Å². The summed E-state index contributed by atoms with van der Waals surface area (Å²) in [6.07, 6.45) is 0. The van der Waals surface area contributed by atoms with Gasteiger partial charge in [0.1, 0.15) is 0 Å². The summed E-state index contributed by atoms with van der Waals surface area (Å²) >= 11 is 0. The van der Waals surface area contributed by atoms with Crippen molar-refractivity contribution in [2.24, 2.45) is 0 Å². The quantitative estimate of drug-likeness (QED) is 0.612. The molecule has 0 amide bonds. The molecule has 0 atom stereocenters. The van der Waals surface area contributed by atoms with E-state index < -0.39 is 5.97 Å². The van der Waals surface area contributed by atoms with Crippen LogP contribution in [-0.4, -0.2) is 11.1 Å². The fourth-order valence-corrected chi connectivity index (χ4v) is 1.51. The molecule has 0 aliphatic carbocycles. The van der Waals surface area contributed by atoms with Gasteiger partial charge in [0, 0.05) is 16.8 Å². The van der Waals surface area contributed by atoms with Gasteiger partial charge in [-0.05, 0) is 48.2 Å². The molecule has 0 saturated heterocycles. The molecule has 0 radical (unpaired) electrons. The molecule has 0 aliphatic heterocycles. The Morgan fingerprint density at radius 1 is 0.950 bits per heavy atom. The van der Waals surface area contributed by atoms with E-state index in [1.165, 1.54) is 12.1 Å². The molecule has 20 heavy (non-hydrogen) atoms. The number of nitrogen functional groups attached to an aromatic ring is 1. The van der Waals surface area contributed by atoms with Crippen molar-refractivity contribution in [3.8, 4) is 23.7 Å². The lowest BCUT2D eigenvalue weighted by Crippen LogP contribution is -1.94. The first kappa shape index (κ1) is 13.3. The number of para-hydroxylation sites is 1. The van der Waals surface area contributed by atoms with Crippen LogP contribution in [0.4, 0.5) is 5.69 Å². The van der Waals surface area contributed by atoms with E-state index in [4.69, 9.17) is 10.8 Å². The smallest absolute Gasteiger partial charge is 0.335 e. The van der Waals surface area contributed by atoms with Crippen molar-refractivity contribution >= 4 is 11.7 Å². The van der Waals surface area contributed by atoms with Gasteiger partial charge in [0.05, 0.1) is 5.56 Å². The topological polar surface area (TPSA) is 63.3 Å². The molecule has 0 heterocycles. The largest absolute Gasteiger partial charge is 0.478 e. The van der Waals surface area contributed by atoms with Gasteiger partial charge < -0.3 is 10.8 Å². The zero-order valence-electron chi connectivity index (χ0n) is 10.6. The van der Waals surface area contributed by atoms with Gasteiger partial charge in [-0.3, -0.25) is 0 Å². The van der Waals surface area contributed by atoms with E-state index in [0.29, 0.717) is 11.3 Å². The Balaban J connectivity index is 2.13. The fourth-order valence-electron chi connectivity index (χ4n) is 1.51. The number of carbonyl (C=O) groups is 1. The third kappa shape index (κ3) is 3.41. The minimum atomic E-state index is -0.955. The van der Waals surface area contributed by atoms with Crippen molar-refractivity contribution in [1.82, 2.24) is 0 Å². The van der Waals surface area contributed by atoms with Crippen LogP contribution in [0.15, 0.2) is 48.5 Å². The van der Waals surface area contributed by atoms with Crippen LogP contribution < -0.4 is 5.73 Å². The standard InChI is InChI=1S/C17H11NO2/c18-16-8-4-3-7-14(16)6-2-1-5-13-9-11-15(12-10-13)17(19)20/h3-4,7-12H,18H2,(H,19,20). The Morgan fingerprint density at radius 3 is 2.25 bits per heavy atom. The number of rotatable bonds is 1. The highest BCUT2D eigenvalue weighted by molar-refractivity contribution is 5.87. The summed E-state index contributed by atoms with van der Waals surface area (Å²) in [5.74, 6) is 10.2. The van der Waals surface area contributed by atoms with Crippen molar-refractivity contribution in [1.29, 1.82) is 0 Å². The highest BCUT2D eigenvalue weighted by atomic mass is 16.4. The Kier molecular flexibility index (Phi) is 4.07. The molecule has 0 spiro atoms. The minimum Gasteiger partial charge on any atom is -0.478 e. The second-order valence-corrected chi connectivity index (χ2v) is 3.97. The third-order valence-electron chi connectivity index (χ3n) is 2.56. The van der Waals surface area contributed by atoms with Crippen molar-refractivity contribution in [2.45, 2.75) is 0 Å². The number of carboxylic acids is 1. The molecule has 2 aromatic rings. The number of hydrogen-bond donors (Lipinski definition) is 2. The minimum absolute atomic E-state index is 0.235. The molecule has 96 valence electrons. The summed E-state index contributed by atoms with van der Waals surface area (Å²) < 4.78 is 0. The molecular weight excluding hydrogens is 250 g/mol. The highest BCUT2D eigenvalue weighted by Gasteiger charge is 1.99. The van der Waals surface area contributed by atoms with Gasteiger partial charge in [0.15, 0.2) is 0 Å². The Bertz CT molecular complexity index is 753. The molecule has 0 aromatic heterocycles. The molecular formula is C17H11NO2. The zero-order valence-corrected chi connectivity index (χ0v) is 10.6. The van der Waals surface area contributed by atoms with Crippen molar-refractivity contribution in [3.63, 3.8) is 0 Å². The van der Waals surface area contributed by atoms with Gasteiger partial charge in [-0.25, -0.2) is 4.79 Å². The summed E-state index contributed by atoms with van der Waals surface area (Å²) in [5, 5.41) is 8.77. The maximum absolute atomic E-state index is 10.7. The lowest BCUT2D eigenvalue weighted by Gasteiger charge is -1.94. The number of aromatic carboxylic acids is 1. The van der Waals surface area contributed by atoms with Crippen LogP contribution in [0.1, 0.15) is 21.5 Å². The van der Waals surface area contributed by atoms with E-state index in [2.05, 4.69) is 23.7 Å². The highest BCUT2D eigenvalue weighted by Crippen LogP contribution is 2.07. The zero-order chi connectivity index (χ0) is 14.4. The predicted octanol–water partition coefficient (Wildman–Crippen LogP) is 2.37. The van der Waals surface area contributed by atoms with Gasteiger partial charge in [0.25, 0.3) is 0 Å². The summed E-state index contributed by atoms with van der Waals surface area (Å²) in [6, 6.07) is 13.6. The SMILES string of the molecule is Nc1ccccc1C#CC#Cc1ccc(C(=O)O)cc1. The van der Waals surface area contributed by atoms with E-state index in [1.54, 1.807) is 18.2 Å². The predicted molar refractivity (Wildman–Crippen MR) is 78.0 cm³/mol. The van der Waals surface area contributed by atoms with Crippen LogP contribution in [0, 0.1) is 23.7 Å². The summed E-state index contributed by atoms with van der Waals surface area (Å²) in [5.41, 5.74) is 8.06. The first-order valence-electron chi connectivity index (χ1n) is 5.87. The molecule has 3 heteroatoms. The lowest BCUT2D eigenvalue weighted by molar-refractivity contribution is 0.0697. The fraction of sp³-hybridized carbons (Fsp3) is 0. The number of nitrogens with two attached hydrogens (primary N) is 1. The first-order chi connectivity index (χ1) is 9.66. The number of anilines is 1. The summed E-state index contributed by atoms with van der Waals surface area (Å²) in [7, 11) is 0. The van der Waals surface area contributed by atoms with E-state index in [9.17, 15) is 4.79 Å². The van der Waals surface area contributed by atoms with E-state index in [0.717, 1.165) is 5.56 Å². The number of hydrogen-bond acceptors (Lipinski definition) is 2. The molecule has 0 saturated carbocycles. The maximum atomic E-state index is 10.7. The second-order valence-electron chi connectivity index (χ2n) is 3.97. The maximum Gasteiger partial charge on any atom is 0.335 e. The van der Waals surface area contributed by atoms with Gasteiger partial charge in [0.2, 0.25) is 0 Å². The molecule has 3 N–H and O–H groups in total. The van der Waals surface area contributed by atoms with Crippen LogP contribution in [0.3, 0.4) is 0 Å². The summed E-state index contributed by atoms with van der Waals surface area (Å²) in [4.78, 5) is 10.7. The average Bonchev–Trinajstić information content (AvgIpc) is 2.46. The summed E-state index contributed by atoms with van der Waals surface area (Å²) in [6.45, 7) is 0. The van der Waals surface area contributed by atoms with E-state index in [-0.39, 0.29) is 5.56 Å². The molecule has 0 unspecified atom stereocenters. The van der Waals surface area contributed by atoms with Crippen LogP contribution in [-0.2, 0) is 0 Å². The van der Waals surface area contributed by atoms with Crippen molar-refractivity contribution < 1.29 is 9.90 Å². The van der Waals surface area contributed by atoms with E-state index >= 15 is 0 Å².